The van der Waals surface area contributed by atoms with Gasteiger partial charge in [0, 0.05) is 17.5 Å². The minimum absolute atomic E-state index is 0.234. The zero-order valence-corrected chi connectivity index (χ0v) is 13.9. The Morgan fingerprint density at radius 3 is 2.58 bits per heavy atom. The Labute approximate surface area is 143 Å². The highest BCUT2D eigenvalue weighted by Crippen LogP contribution is 2.37. The Hall–Kier alpha value is -2.12. The number of fused-ring (bicyclic) bond motifs is 1. The van der Waals surface area contributed by atoms with Gasteiger partial charge in [-0.25, -0.2) is 0 Å². The van der Waals surface area contributed by atoms with Gasteiger partial charge in [0.05, 0.1) is 22.6 Å². The van der Waals surface area contributed by atoms with Crippen LogP contribution >= 0.6 is 11.6 Å². The summed E-state index contributed by atoms with van der Waals surface area (Å²) in [6.07, 6.45) is 0.579. The lowest BCUT2D eigenvalue weighted by molar-refractivity contribution is 0.0924. The average Bonchev–Trinajstić information content (AvgIpc) is 2.55. The molecule has 1 amide bonds. The maximum Gasteiger partial charge on any atom is 0.332 e. The van der Waals surface area contributed by atoms with E-state index in [1.165, 1.54) is 12.1 Å². The largest absolute Gasteiger partial charge is 0.492 e. The van der Waals surface area contributed by atoms with Crippen molar-refractivity contribution < 1.29 is 21.8 Å². The van der Waals surface area contributed by atoms with Gasteiger partial charge in [-0.1, -0.05) is 23.7 Å². The molecule has 5 nitrogen and oxygen atoms in total. The SMILES string of the molecule is O=C(NC1CCOc2c(Cl)cccc21)c1ccc(S(=O)(=O)F)cc1. The summed E-state index contributed by atoms with van der Waals surface area (Å²) < 4.78 is 40.0. The summed E-state index contributed by atoms with van der Waals surface area (Å²) in [7, 11) is -4.78. The summed E-state index contributed by atoms with van der Waals surface area (Å²) in [4.78, 5) is 11.9. The summed E-state index contributed by atoms with van der Waals surface area (Å²) in [5, 5.41) is 3.33. The van der Waals surface area contributed by atoms with Crippen LogP contribution in [0.25, 0.3) is 0 Å². The maximum absolute atomic E-state index is 12.9. The number of ether oxygens (including phenoxy) is 1. The van der Waals surface area contributed by atoms with Crippen molar-refractivity contribution in [3.8, 4) is 5.75 Å². The molecular formula is C16H13ClFNO4S. The molecular weight excluding hydrogens is 357 g/mol. The van der Waals surface area contributed by atoms with Gasteiger partial charge >= 0.3 is 10.2 Å². The van der Waals surface area contributed by atoms with E-state index in [2.05, 4.69) is 5.32 Å². The summed E-state index contributed by atoms with van der Waals surface area (Å²) in [6.45, 7) is 0.417. The van der Waals surface area contributed by atoms with Crippen molar-refractivity contribution in [1.82, 2.24) is 5.32 Å². The van der Waals surface area contributed by atoms with E-state index in [0.717, 1.165) is 17.7 Å². The molecule has 0 saturated carbocycles. The van der Waals surface area contributed by atoms with E-state index >= 15 is 0 Å². The van der Waals surface area contributed by atoms with Crippen molar-refractivity contribution in [2.75, 3.05) is 6.61 Å². The first-order valence-corrected chi connectivity index (χ1v) is 8.89. The number of rotatable bonds is 3. The Kier molecular flexibility index (Phi) is 4.47. The number of halogens is 2. The molecule has 0 aromatic heterocycles. The van der Waals surface area contributed by atoms with Gasteiger partial charge in [-0.05, 0) is 30.3 Å². The van der Waals surface area contributed by atoms with Crippen LogP contribution in [0.5, 0.6) is 5.75 Å². The number of amides is 1. The van der Waals surface area contributed by atoms with Gasteiger partial charge in [0.15, 0.2) is 0 Å². The average molecular weight is 370 g/mol. The number of nitrogens with one attached hydrogen (secondary N) is 1. The summed E-state index contributed by atoms with van der Waals surface area (Å²) in [5.41, 5.74) is 1.02. The van der Waals surface area contributed by atoms with Crippen molar-refractivity contribution in [3.05, 3.63) is 58.6 Å². The number of para-hydroxylation sites is 1. The van der Waals surface area contributed by atoms with E-state index in [4.69, 9.17) is 16.3 Å². The molecule has 2 aromatic carbocycles. The third-order valence-corrected chi connectivity index (χ3v) is 4.86. The molecule has 1 aliphatic rings. The van der Waals surface area contributed by atoms with E-state index in [1.54, 1.807) is 12.1 Å². The van der Waals surface area contributed by atoms with E-state index in [-0.39, 0.29) is 11.6 Å². The molecule has 0 saturated heterocycles. The molecule has 1 heterocycles. The molecule has 0 spiro atoms. The predicted molar refractivity (Wildman–Crippen MR) is 86.5 cm³/mol. The Bertz CT molecular complexity index is 883. The van der Waals surface area contributed by atoms with Crippen LogP contribution in [0.15, 0.2) is 47.4 Å². The molecule has 1 unspecified atom stereocenters. The van der Waals surface area contributed by atoms with Crippen molar-refractivity contribution in [1.29, 1.82) is 0 Å². The number of carbonyl (C=O) groups excluding carboxylic acids is 1. The van der Waals surface area contributed by atoms with Crippen LogP contribution in [0, 0.1) is 0 Å². The van der Waals surface area contributed by atoms with Gasteiger partial charge in [-0.2, -0.15) is 8.42 Å². The fraction of sp³-hybridized carbons (Fsp3) is 0.188. The molecule has 1 N–H and O–H groups in total. The lowest BCUT2D eigenvalue weighted by Crippen LogP contribution is -2.32. The van der Waals surface area contributed by atoms with Crippen LogP contribution in [0.4, 0.5) is 3.89 Å². The quantitative estimate of drug-likeness (QED) is 0.843. The first kappa shape index (κ1) is 16.7. The van der Waals surface area contributed by atoms with Gasteiger partial charge < -0.3 is 10.1 Å². The Balaban J connectivity index is 1.80. The van der Waals surface area contributed by atoms with Gasteiger partial charge in [-0.15, -0.1) is 3.89 Å². The van der Waals surface area contributed by atoms with Crippen LogP contribution in [-0.4, -0.2) is 20.9 Å². The summed E-state index contributed by atoms with van der Waals surface area (Å²) in [5.74, 6) is 0.158. The van der Waals surface area contributed by atoms with Crippen LogP contribution in [0.3, 0.4) is 0 Å². The molecule has 2 aromatic rings. The molecule has 3 rings (SSSR count). The standard InChI is InChI=1S/C16H13ClFNO4S/c17-13-3-1-2-12-14(8-9-23-15(12)13)19-16(20)10-4-6-11(7-5-10)24(18,21)22/h1-7,14H,8-9H2,(H,19,20). The topological polar surface area (TPSA) is 72.5 Å². The highest BCUT2D eigenvalue weighted by Gasteiger charge is 2.25. The summed E-state index contributed by atoms with van der Waals surface area (Å²) >= 11 is 6.09. The monoisotopic (exact) mass is 369 g/mol. The minimum Gasteiger partial charge on any atom is -0.492 e. The smallest absolute Gasteiger partial charge is 0.332 e. The molecule has 126 valence electrons. The predicted octanol–water partition coefficient (Wildman–Crippen LogP) is 3.25. The molecule has 1 aliphatic heterocycles. The van der Waals surface area contributed by atoms with E-state index in [1.807, 2.05) is 6.07 Å². The molecule has 0 fully saturated rings. The van der Waals surface area contributed by atoms with Crippen molar-refractivity contribution in [2.24, 2.45) is 0 Å². The first-order chi connectivity index (χ1) is 11.4. The third-order valence-electron chi connectivity index (χ3n) is 3.73. The van der Waals surface area contributed by atoms with Gasteiger partial charge in [0.1, 0.15) is 5.75 Å². The second-order valence-electron chi connectivity index (χ2n) is 5.28. The Morgan fingerprint density at radius 2 is 1.92 bits per heavy atom. The van der Waals surface area contributed by atoms with Gasteiger partial charge in [0.25, 0.3) is 5.91 Å². The van der Waals surface area contributed by atoms with Crippen molar-refractivity contribution >= 4 is 27.7 Å². The zero-order valence-electron chi connectivity index (χ0n) is 12.3. The molecule has 0 radical (unpaired) electrons. The number of benzene rings is 2. The minimum atomic E-state index is -4.78. The fourth-order valence-electron chi connectivity index (χ4n) is 2.55. The van der Waals surface area contributed by atoms with Crippen LogP contribution in [-0.2, 0) is 10.2 Å². The second kappa shape index (κ2) is 6.41. The lowest BCUT2D eigenvalue weighted by Gasteiger charge is -2.27. The molecule has 24 heavy (non-hydrogen) atoms. The second-order valence-corrected chi connectivity index (χ2v) is 7.04. The summed E-state index contributed by atoms with van der Waals surface area (Å²) in [6, 6.07) is 9.67. The first-order valence-electron chi connectivity index (χ1n) is 7.13. The normalized spacial score (nSPS) is 16.8. The van der Waals surface area contributed by atoms with Crippen LogP contribution in [0.2, 0.25) is 5.02 Å². The molecule has 1 atom stereocenters. The van der Waals surface area contributed by atoms with Crippen LogP contribution < -0.4 is 10.1 Å². The van der Waals surface area contributed by atoms with Crippen LogP contribution in [0.1, 0.15) is 28.4 Å². The van der Waals surface area contributed by atoms with E-state index < -0.39 is 21.0 Å². The number of hydrogen-bond acceptors (Lipinski definition) is 4. The highest BCUT2D eigenvalue weighted by molar-refractivity contribution is 7.86. The number of hydrogen-bond donors (Lipinski definition) is 1. The molecule has 8 heteroatoms. The van der Waals surface area contributed by atoms with E-state index in [9.17, 15) is 17.1 Å². The number of carbonyl (C=O) groups is 1. The third kappa shape index (κ3) is 3.37. The Morgan fingerprint density at radius 1 is 1.21 bits per heavy atom. The van der Waals surface area contributed by atoms with Crippen molar-refractivity contribution in [2.45, 2.75) is 17.4 Å². The fourth-order valence-corrected chi connectivity index (χ4v) is 3.24. The van der Waals surface area contributed by atoms with Gasteiger partial charge in [-0.3, -0.25) is 4.79 Å². The zero-order chi connectivity index (χ0) is 17.3. The molecule has 0 aliphatic carbocycles. The lowest BCUT2D eigenvalue weighted by atomic mass is 10.00. The van der Waals surface area contributed by atoms with Crippen molar-refractivity contribution in [3.63, 3.8) is 0 Å². The molecule has 0 bridgehead atoms. The maximum atomic E-state index is 12.9. The highest BCUT2D eigenvalue weighted by atomic mass is 35.5. The van der Waals surface area contributed by atoms with E-state index in [0.29, 0.717) is 23.8 Å². The van der Waals surface area contributed by atoms with Gasteiger partial charge in [0.2, 0.25) is 0 Å².